The van der Waals surface area contributed by atoms with Gasteiger partial charge in [-0.1, -0.05) is 22.3 Å². The summed E-state index contributed by atoms with van der Waals surface area (Å²) in [4.78, 5) is 0. The van der Waals surface area contributed by atoms with Crippen molar-refractivity contribution >= 4 is 0 Å². The molecule has 106 valence electrons. The summed E-state index contributed by atoms with van der Waals surface area (Å²) in [7, 11) is 0. The molecule has 0 aromatic heterocycles. The van der Waals surface area contributed by atoms with Crippen molar-refractivity contribution in [3.05, 3.63) is 56.7 Å². The molecule has 0 fully saturated rings. The second kappa shape index (κ2) is 3.96. The summed E-state index contributed by atoms with van der Waals surface area (Å²) in [5, 5.41) is 0. The fourth-order valence-corrected chi connectivity index (χ4v) is 3.66. The fraction of sp³-hybridized carbons (Fsp3) is 0.375. The van der Waals surface area contributed by atoms with Crippen LogP contribution in [0.25, 0.3) is 0 Å². The van der Waals surface area contributed by atoms with Gasteiger partial charge in [0.15, 0.2) is 23.3 Å². The summed E-state index contributed by atoms with van der Waals surface area (Å²) in [5.74, 6) is -6.92. The molecule has 3 aliphatic carbocycles. The average molecular weight is 282 g/mol. The molecule has 0 heterocycles. The van der Waals surface area contributed by atoms with E-state index in [0.717, 1.165) is 22.3 Å². The normalized spacial score (nSPS) is 24.6. The SMILES string of the molecule is CC1=C(C)C2C(C)=C(C)C1c1c(F)c(F)c(F)c(F)c12. The van der Waals surface area contributed by atoms with Gasteiger partial charge in [-0.15, -0.1) is 0 Å². The number of hydrogen-bond acceptors (Lipinski definition) is 0. The summed E-state index contributed by atoms with van der Waals surface area (Å²) >= 11 is 0. The average Bonchev–Trinajstić information content (AvgIpc) is 2.42. The highest BCUT2D eigenvalue weighted by Crippen LogP contribution is 2.56. The van der Waals surface area contributed by atoms with Gasteiger partial charge in [0.1, 0.15) is 0 Å². The molecule has 0 atom stereocenters. The van der Waals surface area contributed by atoms with E-state index in [9.17, 15) is 17.6 Å². The topological polar surface area (TPSA) is 0 Å². The largest absolute Gasteiger partial charge is 0.203 e. The minimum atomic E-state index is -1.72. The van der Waals surface area contributed by atoms with E-state index in [-0.39, 0.29) is 11.1 Å². The van der Waals surface area contributed by atoms with Gasteiger partial charge in [0, 0.05) is 23.0 Å². The summed E-state index contributed by atoms with van der Waals surface area (Å²) in [6.45, 7) is 7.35. The van der Waals surface area contributed by atoms with Gasteiger partial charge in [-0.25, -0.2) is 17.6 Å². The molecular weight excluding hydrogens is 268 g/mol. The van der Waals surface area contributed by atoms with Gasteiger partial charge in [0.2, 0.25) is 0 Å². The third kappa shape index (κ3) is 1.32. The van der Waals surface area contributed by atoms with Crippen LogP contribution < -0.4 is 0 Å². The lowest BCUT2D eigenvalue weighted by atomic mass is 9.62. The number of allylic oxidation sites excluding steroid dienone is 4. The van der Waals surface area contributed by atoms with Gasteiger partial charge in [0.25, 0.3) is 0 Å². The molecule has 4 rings (SSSR count). The Bertz CT molecular complexity index is 625. The van der Waals surface area contributed by atoms with Crippen molar-refractivity contribution in [3.8, 4) is 0 Å². The van der Waals surface area contributed by atoms with Crippen molar-refractivity contribution in [2.45, 2.75) is 39.5 Å². The molecule has 2 bridgehead atoms. The highest BCUT2D eigenvalue weighted by Gasteiger charge is 2.44. The monoisotopic (exact) mass is 282 g/mol. The lowest BCUT2D eigenvalue weighted by molar-refractivity contribution is 0.391. The zero-order chi connectivity index (χ0) is 14.9. The fourth-order valence-electron chi connectivity index (χ4n) is 3.66. The molecule has 0 radical (unpaired) electrons. The van der Waals surface area contributed by atoms with E-state index in [2.05, 4.69) is 0 Å². The number of rotatable bonds is 0. The van der Waals surface area contributed by atoms with E-state index in [0.29, 0.717) is 0 Å². The summed E-state index contributed by atoms with van der Waals surface area (Å²) < 4.78 is 55.4. The van der Waals surface area contributed by atoms with Crippen LogP contribution in [0.4, 0.5) is 17.6 Å². The Labute approximate surface area is 114 Å². The molecule has 1 aromatic carbocycles. The van der Waals surface area contributed by atoms with Crippen LogP contribution in [0, 0.1) is 23.3 Å². The van der Waals surface area contributed by atoms with Crippen LogP contribution >= 0.6 is 0 Å². The van der Waals surface area contributed by atoms with E-state index in [1.807, 2.05) is 27.7 Å². The molecule has 0 unspecified atom stereocenters. The van der Waals surface area contributed by atoms with Crippen molar-refractivity contribution < 1.29 is 17.6 Å². The van der Waals surface area contributed by atoms with Crippen molar-refractivity contribution in [2.24, 2.45) is 0 Å². The minimum absolute atomic E-state index is 0.0300. The standard InChI is InChI=1S/C16H14F4/c1-5-6(2)10-8(4)7(3)9(5)11-12(10)14(18)16(20)15(19)13(11)17/h9-10H,1-4H3. The predicted molar refractivity (Wildman–Crippen MR) is 68.5 cm³/mol. The number of benzene rings is 1. The first-order valence-corrected chi connectivity index (χ1v) is 6.49. The molecule has 0 amide bonds. The smallest absolute Gasteiger partial charge is 0.197 e. The molecule has 0 spiro atoms. The number of hydrogen-bond donors (Lipinski definition) is 0. The predicted octanol–water partition coefficient (Wildman–Crippen LogP) is 5.11. The molecule has 0 nitrogen and oxygen atoms in total. The maximum atomic E-state index is 14.2. The lowest BCUT2D eigenvalue weighted by Gasteiger charge is -2.42. The quantitative estimate of drug-likeness (QED) is 0.268. The first-order valence-electron chi connectivity index (χ1n) is 6.49. The zero-order valence-corrected chi connectivity index (χ0v) is 11.7. The Balaban J connectivity index is 2.46. The van der Waals surface area contributed by atoms with Gasteiger partial charge < -0.3 is 0 Å². The highest BCUT2D eigenvalue weighted by molar-refractivity contribution is 5.62. The van der Waals surface area contributed by atoms with E-state index in [1.165, 1.54) is 0 Å². The van der Waals surface area contributed by atoms with Crippen molar-refractivity contribution in [1.82, 2.24) is 0 Å². The van der Waals surface area contributed by atoms with Gasteiger partial charge in [-0.3, -0.25) is 0 Å². The number of halogens is 4. The Morgan fingerprint density at radius 3 is 1.00 bits per heavy atom. The highest BCUT2D eigenvalue weighted by atomic mass is 19.2. The minimum Gasteiger partial charge on any atom is -0.203 e. The van der Waals surface area contributed by atoms with Crippen molar-refractivity contribution in [3.63, 3.8) is 0 Å². The van der Waals surface area contributed by atoms with E-state index in [4.69, 9.17) is 0 Å². The second-order valence-electron chi connectivity index (χ2n) is 5.68. The molecular formula is C16H14F4. The third-order valence-corrected chi connectivity index (χ3v) is 4.89. The Hall–Kier alpha value is -1.58. The molecule has 1 aromatic rings. The van der Waals surface area contributed by atoms with Crippen LogP contribution in [0.15, 0.2) is 22.3 Å². The Kier molecular flexibility index (Phi) is 2.66. The lowest BCUT2D eigenvalue weighted by Crippen LogP contribution is -2.29. The molecule has 0 N–H and O–H groups in total. The zero-order valence-electron chi connectivity index (χ0n) is 11.7. The first kappa shape index (κ1) is 13.4. The summed E-state index contributed by atoms with van der Waals surface area (Å²) in [6.07, 6.45) is 0. The Morgan fingerprint density at radius 1 is 0.500 bits per heavy atom. The van der Waals surface area contributed by atoms with Gasteiger partial charge >= 0.3 is 0 Å². The van der Waals surface area contributed by atoms with Crippen molar-refractivity contribution in [1.29, 1.82) is 0 Å². The maximum Gasteiger partial charge on any atom is 0.197 e. The van der Waals surface area contributed by atoms with E-state index >= 15 is 0 Å². The van der Waals surface area contributed by atoms with Gasteiger partial charge in [-0.2, -0.15) is 0 Å². The molecule has 0 aliphatic heterocycles. The van der Waals surface area contributed by atoms with E-state index in [1.54, 1.807) is 0 Å². The van der Waals surface area contributed by atoms with Crippen LogP contribution in [-0.4, -0.2) is 0 Å². The van der Waals surface area contributed by atoms with Crippen LogP contribution in [-0.2, 0) is 0 Å². The van der Waals surface area contributed by atoms with Crippen LogP contribution in [0.2, 0.25) is 0 Å². The van der Waals surface area contributed by atoms with Crippen LogP contribution in [0.1, 0.15) is 50.7 Å². The van der Waals surface area contributed by atoms with E-state index < -0.39 is 35.1 Å². The second-order valence-corrected chi connectivity index (χ2v) is 5.68. The molecule has 3 aliphatic rings. The third-order valence-electron chi connectivity index (χ3n) is 4.89. The van der Waals surface area contributed by atoms with Gasteiger partial charge in [-0.05, 0) is 27.7 Å². The van der Waals surface area contributed by atoms with Crippen LogP contribution in [0.3, 0.4) is 0 Å². The molecule has 0 saturated carbocycles. The molecule has 4 heteroatoms. The molecule has 0 saturated heterocycles. The van der Waals surface area contributed by atoms with Gasteiger partial charge in [0.05, 0.1) is 0 Å². The maximum absolute atomic E-state index is 14.2. The first-order chi connectivity index (χ1) is 9.29. The molecule has 20 heavy (non-hydrogen) atoms. The summed E-state index contributed by atoms with van der Waals surface area (Å²) in [6, 6.07) is 0. The summed E-state index contributed by atoms with van der Waals surface area (Å²) in [5.41, 5.74) is 3.53. The van der Waals surface area contributed by atoms with Crippen molar-refractivity contribution in [2.75, 3.05) is 0 Å². The van der Waals surface area contributed by atoms with Crippen LogP contribution in [0.5, 0.6) is 0 Å². The Morgan fingerprint density at radius 2 is 0.750 bits per heavy atom.